The number of aromatic nitrogens is 2. The molecule has 0 radical (unpaired) electrons. The maximum atomic E-state index is 12.3. The van der Waals surface area contributed by atoms with Crippen LogP contribution in [0.3, 0.4) is 0 Å². The zero-order valence-corrected chi connectivity index (χ0v) is 15.1. The van der Waals surface area contributed by atoms with Crippen molar-refractivity contribution in [2.45, 2.75) is 12.8 Å². The van der Waals surface area contributed by atoms with E-state index in [0.29, 0.717) is 17.0 Å². The number of nitrogens with one attached hydrogen (secondary N) is 2. The summed E-state index contributed by atoms with van der Waals surface area (Å²) < 4.78 is 5.11. The number of nitrogens with zero attached hydrogens (tertiary/aromatic N) is 3. The first-order chi connectivity index (χ1) is 13.7. The quantitative estimate of drug-likeness (QED) is 0.674. The Balaban J connectivity index is 1.32. The Kier molecular flexibility index (Phi) is 5.01. The largest absolute Gasteiger partial charge is 0.423 e. The minimum Gasteiger partial charge on any atom is -0.423 e. The van der Waals surface area contributed by atoms with Gasteiger partial charge < -0.3 is 9.32 Å². The lowest BCUT2D eigenvalue weighted by molar-refractivity contribution is -0.120. The third kappa shape index (κ3) is 3.85. The van der Waals surface area contributed by atoms with Crippen molar-refractivity contribution >= 4 is 17.5 Å². The zero-order chi connectivity index (χ0) is 19.3. The second kappa shape index (κ2) is 7.91. The summed E-state index contributed by atoms with van der Waals surface area (Å²) in [5.74, 6) is -0.293. The fourth-order valence-corrected chi connectivity index (χ4v) is 3.25. The molecule has 0 unspecified atom stereocenters. The van der Waals surface area contributed by atoms with E-state index in [4.69, 9.17) is 4.42 Å². The van der Waals surface area contributed by atoms with Gasteiger partial charge in [0.15, 0.2) is 0 Å². The molecule has 1 aromatic heterocycles. The van der Waals surface area contributed by atoms with E-state index in [0.717, 1.165) is 25.1 Å². The Hall–Kier alpha value is -3.68. The molecule has 1 aliphatic heterocycles. The lowest BCUT2D eigenvalue weighted by Gasteiger charge is -2.30. The molecular formula is C20H19N5O3. The number of hydrazine groups is 1. The van der Waals surface area contributed by atoms with Gasteiger partial charge >= 0.3 is 0 Å². The van der Waals surface area contributed by atoms with Crippen molar-refractivity contribution in [3.05, 3.63) is 66.1 Å². The van der Waals surface area contributed by atoms with Crippen LogP contribution < -0.4 is 15.8 Å². The number of anilines is 1. The third-order valence-electron chi connectivity index (χ3n) is 4.61. The molecule has 0 aliphatic carbocycles. The van der Waals surface area contributed by atoms with Crippen LogP contribution in [0.2, 0.25) is 0 Å². The molecule has 0 fully saturated rings. The highest BCUT2D eigenvalue weighted by molar-refractivity contribution is 5.96. The fraction of sp³-hybridized carbons (Fsp3) is 0.200. The topological polar surface area (TPSA) is 100 Å². The predicted octanol–water partition coefficient (Wildman–Crippen LogP) is 1.95. The predicted molar refractivity (Wildman–Crippen MR) is 102 cm³/mol. The first kappa shape index (κ1) is 17.7. The van der Waals surface area contributed by atoms with Crippen molar-refractivity contribution in [3.63, 3.8) is 0 Å². The summed E-state index contributed by atoms with van der Waals surface area (Å²) in [6.45, 7) is 1.00. The highest BCUT2D eigenvalue weighted by Gasteiger charge is 2.19. The van der Waals surface area contributed by atoms with Crippen LogP contribution in [0.15, 0.2) is 59.3 Å². The normalized spacial score (nSPS) is 12.9. The summed E-state index contributed by atoms with van der Waals surface area (Å²) >= 11 is 0. The van der Waals surface area contributed by atoms with Gasteiger partial charge in [-0.25, -0.2) is 0 Å². The summed E-state index contributed by atoms with van der Waals surface area (Å²) in [5.41, 5.74) is 8.37. The number of para-hydroxylation sites is 1. The highest BCUT2D eigenvalue weighted by atomic mass is 16.4. The summed E-state index contributed by atoms with van der Waals surface area (Å²) in [6, 6.07) is 14.7. The van der Waals surface area contributed by atoms with E-state index in [1.165, 1.54) is 12.0 Å². The Morgan fingerprint density at radius 1 is 1.07 bits per heavy atom. The van der Waals surface area contributed by atoms with Gasteiger partial charge in [-0.3, -0.25) is 20.4 Å². The molecule has 2 N–H and O–H groups in total. The zero-order valence-electron chi connectivity index (χ0n) is 15.1. The van der Waals surface area contributed by atoms with Crippen molar-refractivity contribution in [1.29, 1.82) is 0 Å². The number of carbonyl (C=O) groups is 2. The molecule has 0 saturated heterocycles. The first-order valence-corrected chi connectivity index (χ1v) is 8.99. The van der Waals surface area contributed by atoms with Gasteiger partial charge in [0.1, 0.15) is 0 Å². The SMILES string of the molecule is O=C(CN1CCCc2ccccc21)NNC(=O)c1ccc(-c2nnco2)cc1. The maximum Gasteiger partial charge on any atom is 0.269 e. The average Bonchev–Trinajstić information content (AvgIpc) is 3.27. The third-order valence-corrected chi connectivity index (χ3v) is 4.61. The molecule has 1 aliphatic rings. The van der Waals surface area contributed by atoms with Crippen LogP contribution in [0.25, 0.3) is 11.5 Å². The van der Waals surface area contributed by atoms with E-state index in [-0.39, 0.29) is 12.5 Å². The van der Waals surface area contributed by atoms with Crippen LogP contribution in [0.1, 0.15) is 22.3 Å². The van der Waals surface area contributed by atoms with Crippen LogP contribution in [0.4, 0.5) is 5.69 Å². The monoisotopic (exact) mass is 377 g/mol. The van der Waals surface area contributed by atoms with Crippen molar-refractivity contribution < 1.29 is 14.0 Å². The van der Waals surface area contributed by atoms with E-state index in [2.05, 4.69) is 27.1 Å². The average molecular weight is 377 g/mol. The fourth-order valence-electron chi connectivity index (χ4n) is 3.25. The van der Waals surface area contributed by atoms with Crippen molar-refractivity contribution in [1.82, 2.24) is 21.0 Å². The number of carbonyl (C=O) groups excluding carboxylic acids is 2. The minimum absolute atomic E-state index is 0.188. The molecule has 3 aromatic rings. The van der Waals surface area contributed by atoms with Gasteiger partial charge in [0.2, 0.25) is 12.3 Å². The van der Waals surface area contributed by atoms with Crippen LogP contribution in [0, 0.1) is 0 Å². The second-order valence-electron chi connectivity index (χ2n) is 6.48. The molecule has 4 rings (SSSR count). The molecule has 2 heterocycles. The molecule has 0 bridgehead atoms. The molecule has 0 spiro atoms. The summed E-state index contributed by atoms with van der Waals surface area (Å²) in [5, 5.41) is 7.43. The second-order valence-corrected chi connectivity index (χ2v) is 6.48. The Morgan fingerprint density at radius 3 is 2.68 bits per heavy atom. The van der Waals surface area contributed by atoms with Gasteiger partial charge in [-0.05, 0) is 48.7 Å². The molecule has 2 aromatic carbocycles. The van der Waals surface area contributed by atoms with E-state index in [1.54, 1.807) is 24.3 Å². The van der Waals surface area contributed by atoms with E-state index in [1.807, 2.05) is 23.1 Å². The molecule has 2 amide bonds. The summed E-state index contributed by atoms with van der Waals surface area (Å²) in [6.07, 6.45) is 3.26. The molecule has 8 heteroatoms. The van der Waals surface area contributed by atoms with Gasteiger partial charge in [0.05, 0.1) is 6.54 Å². The number of aryl methyl sites for hydroxylation is 1. The summed E-state index contributed by atoms with van der Waals surface area (Å²) in [4.78, 5) is 26.5. The highest BCUT2D eigenvalue weighted by Crippen LogP contribution is 2.26. The maximum absolute atomic E-state index is 12.3. The smallest absolute Gasteiger partial charge is 0.269 e. The van der Waals surface area contributed by atoms with E-state index in [9.17, 15) is 9.59 Å². The standard InChI is InChI=1S/C20H19N5O3/c26-18(12-25-11-3-5-14-4-1-2-6-17(14)25)22-23-19(27)15-7-9-16(10-8-15)20-24-21-13-28-20/h1-2,4,6-10,13H,3,5,11-12H2,(H,22,26)(H,23,27). The Bertz CT molecular complexity index is 970. The lowest BCUT2D eigenvalue weighted by Crippen LogP contribution is -2.47. The first-order valence-electron chi connectivity index (χ1n) is 8.99. The van der Waals surface area contributed by atoms with E-state index >= 15 is 0 Å². The van der Waals surface area contributed by atoms with Gasteiger partial charge in [0.25, 0.3) is 11.8 Å². The van der Waals surface area contributed by atoms with Gasteiger partial charge in [0, 0.05) is 23.4 Å². The van der Waals surface area contributed by atoms with Crippen molar-refractivity contribution in [2.75, 3.05) is 18.0 Å². The van der Waals surface area contributed by atoms with Gasteiger partial charge in [-0.1, -0.05) is 18.2 Å². The number of hydrogen-bond donors (Lipinski definition) is 2. The van der Waals surface area contributed by atoms with Crippen LogP contribution in [-0.2, 0) is 11.2 Å². The van der Waals surface area contributed by atoms with Crippen molar-refractivity contribution in [3.8, 4) is 11.5 Å². The Morgan fingerprint density at radius 2 is 1.89 bits per heavy atom. The number of rotatable bonds is 4. The van der Waals surface area contributed by atoms with Crippen LogP contribution in [0.5, 0.6) is 0 Å². The van der Waals surface area contributed by atoms with Crippen molar-refractivity contribution in [2.24, 2.45) is 0 Å². The molecule has 0 atom stereocenters. The minimum atomic E-state index is -0.399. The van der Waals surface area contributed by atoms with Gasteiger partial charge in [-0.15, -0.1) is 10.2 Å². The lowest BCUT2D eigenvalue weighted by atomic mass is 10.0. The van der Waals surface area contributed by atoms with Crippen LogP contribution in [-0.4, -0.2) is 35.1 Å². The Labute approximate surface area is 161 Å². The molecule has 8 nitrogen and oxygen atoms in total. The van der Waals surface area contributed by atoms with Gasteiger partial charge in [-0.2, -0.15) is 0 Å². The number of amides is 2. The molecular weight excluding hydrogens is 358 g/mol. The number of fused-ring (bicyclic) bond motifs is 1. The number of hydrogen-bond acceptors (Lipinski definition) is 6. The molecule has 28 heavy (non-hydrogen) atoms. The van der Waals surface area contributed by atoms with E-state index < -0.39 is 5.91 Å². The summed E-state index contributed by atoms with van der Waals surface area (Å²) in [7, 11) is 0. The number of benzene rings is 2. The molecule has 142 valence electrons. The van der Waals surface area contributed by atoms with Crippen LogP contribution >= 0.6 is 0 Å². The molecule has 0 saturated carbocycles.